The van der Waals surface area contributed by atoms with Crippen molar-refractivity contribution in [2.75, 3.05) is 42.3 Å². The molecule has 1 aromatic carbocycles. The maximum absolute atomic E-state index is 13.8. The van der Waals surface area contributed by atoms with Crippen LogP contribution in [-0.2, 0) is 30.2 Å². The predicted octanol–water partition coefficient (Wildman–Crippen LogP) is 4.38. The number of thiophene rings is 1. The number of carbonyl (C=O) groups excluding carboxylic acids is 1. The van der Waals surface area contributed by atoms with E-state index >= 15 is 0 Å². The molecule has 9 nitrogen and oxygen atoms in total. The standard InChI is InChI=1S/C26H33N3O6S3.H2/c1-37(31,32)27-20-4-5-22-21(15-20)26(10-8-25(6-7-25)9-11-26)17-29(22)24(30)19-14-23(36-16-19)38(33,34)28-12-2-3-13-35-18-28;/h4-5,14-16,27H,2-3,6-13,17-18H2,1H3;1H. The highest BCUT2D eigenvalue weighted by Crippen LogP contribution is 2.62. The molecule has 3 heterocycles. The van der Waals surface area contributed by atoms with E-state index in [0.29, 0.717) is 36.4 Å². The van der Waals surface area contributed by atoms with Crippen molar-refractivity contribution in [2.24, 2.45) is 5.41 Å². The van der Waals surface area contributed by atoms with E-state index in [0.717, 1.165) is 67.4 Å². The number of sulfonamides is 2. The van der Waals surface area contributed by atoms with E-state index in [4.69, 9.17) is 4.74 Å². The first-order valence-electron chi connectivity index (χ1n) is 13.1. The van der Waals surface area contributed by atoms with Crippen LogP contribution in [0.4, 0.5) is 11.4 Å². The van der Waals surface area contributed by atoms with Crippen LogP contribution in [0.25, 0.3) is 0 Å². The molecule has 2 spiro atoms. The molecule has 12 heteroatoms. The van der Waals surface area contributed by atoms with Crippen molar-refractivity contribution >= 4 is 48.7 Å². The van der Waals surface area contributed by atoms with Gasteiger partial charge in [0.05, 0.1) is 11.8 Å². The third-order valence-corrected chi connectivity index (χ3v) is 12.5. The minimum absolute atomic E-state index is 0. The number of rotatable bonds is 5. The van der Waals surface area contributed by atoms with E-state index in [2.05, 4.69) is 4.72 Å². The van der Waals surface area contributed by atoms with Gasteiger partial charge in [0.25, 0.3) is 15.9 Å². The number of anilines is 2. The lowest BCUT2D eigenvalue weighted by molar-refractivity contribution is 0.0914. The minimum atomic E-state index is -3.75. The number of ether oxygens (including phenoxy) is 1. The van der Waals surface area contributed by atoms with E-state index < -0.39 is 20.0 Å². The van der Waals surface area contributed by atoms with E-state index in [1.54, 1.807) is 16.3 Å². The smallest absolute Gasteiger partial charge is 0.259 e. The van der Waals surface area contributed by atoms with Gasteiger partial charge < -0.3 is 9.64 Å². The van der Waals surface area contributed by atoms with Gasteiger partial charge >= 0.3 is 0 Å². The first-order chi connectivity index (χ1) is 18.0. The van der Waals surface area contributed by atoms with Gasteiger partial charge in [-0.2, -0.15) is 4.31 Å². The summed E-state index contributed by atoms with van der Waals surface area (Å²) in [4.78, 5) is 15.6. The summed E-state index contributed by atoms with van der Waals surface area (Å²) in [5, 5.41) is 1.62. The highest BCUT2D eigenvalue weighted by Gasteiger charge is 2.53. The van der Waals surface area contributed by atoms with Crippen molar-refractivity contribution in [2.45, 2.75) is 61.0 Å². The summed E-state index contributed by atoms with van der Waals surface area (Å²) in [5.74, 6) is -0.233. The molecule has 4 aliphatic rings. The highest BCUT2D eigenvalue weighted by atomic mass is 32.2. The lowest BCUT2D eigenvalue weighted by atomic mass is 9.66. The van der Waals surface area contributed by atoms with Gasteiger partial charge in [-0.05, 0) is 86.6 Å². The summed E-state index contributed by atoms with van der Waals surface area (Å²) >= 11 is 1.06. The van der Waals surface area contributed by atoms with Gasteiger partial charge in [0.15, 0.2) is 0 Å². The molecule has 2 saturated carbocycles. The molecule has 1 saturated heterocycles. The van der Waals surface area contributed by atoms with Crippen LogP contribution in [0, 0.1) is 5.41 Å². The molecule has 2 aliphatic carbocycles. The van der Waals surface area contributed by atoms with Crippen LogP contribution in [0.15, 0.2) is 33.9 Å². The molecular formula is C26H35N3O6S3. The van der Waals surface area contributed by atoms with Gasteiger partial charge in [-0.15, -0.1) is 11.3 Å². The van der Waals surface area contributed by atoms with Gasteiger partial charge in [-0.1, -0.05) is 0 Å². The van der Waals surface area contributed by atoms with Crippen molar-refractivity contribution in [3.05, 3.63) is 40.8 Å². The fraction of sp³-hybridized carbons (Fsp3) is 0.577. The molecule has 1 aromatic heterocycles. The summed E-state index contributed by atoms with van der Waals surface area (Å²) in [6, 6.07) is 6.87. The van der Waals surface area contributed by atoms with Gasteiger partial charge in [0.1, 0.15) is 10.9 Å². The molecule has 1 N–H and O–H groups in total. The van der Waals surface area contributed by atoms with Gasteiger partial charge in [0.2, 0.25) is 10.0 Å². The van der Waals surface area contributed by atoms with Crippen molar-refractivity contribution < 1.29 is 27.8 Å². The Morgan fingerprint density at radius 2 is 1.79 bits per heavy atom. The fourth-order valence-electron chi connectivity index (χ4n) is 6.25. The van der Waals surface area contributed by atoms with E-state index in [-0.39, 0.29) is 23.7 Å². The summed E-state index contributed by atoms with van der Waals surface area (Å²) in [6.07, 6.45) is 9.33. The Hall–Kier alpha value is -1.99. The van der Waals surface area contributed by atoms with Crippen molar-refractivity contribution in [3.63, 3.8) is 0 Å². The molecule has 0 radical (unpaired) electrons. The Morgan fingerprint density at radius 1 is 1.05 bits per heavy atom. The highest BCUT2D eigenvalue weighted by molar-refractivity contribution is 7.92. The molecule has 0 unspecified atom stereocenters. The second-order valence-electron chi connectivity index (χ2n) is 11.4. The number of hydrogen-bond donors (Lipinski definition) is 1. The zero-order valence-electron chi connectivity index (χ0n) is 21.4. The second-order valence-corrected chi connectivity index (χ2v) is 16.2. The Morgan fingerprint density at radius 3 is 2.50 bits per heavy atom. The topological polar surface area (TPSA) is 113 Å². The summed E-state index contributed by atoms with van der Waals surface area (Å²) in [5.41, 5.74) is 2.84. The number of hydrogen-bond acceptors (Lipinski definition) is 7. The Labute approximate surface area is 229 Å². The number of nitrogens with one attached hydrogen (secondary N) is 1. The SMILES string of the molecule is CS(=O)(=O)Nc1ccc2c(c1)C1(CCC3(CC3)CC1)CN2C(=O)c1csc(S(=O)(=O)N2CCCCOC2)c1.[HH]. The van der Waals surface area contributed by atoms with Crippen molar-refractivity contribution in [1.29, 1.82) is 0 Å². The molecule has 0 atom stereocenters. The maximum Gasteiger partial charge on any atom is 0.259 e. The molecule has 2 aromatic rings. The maximum atomic E-state index is 13.8. The van der Waals surface area contributed by atoms with Crippen molar-refractivity contribution in [3.8, 4) is 0 Å². The number of benzene rings is 1. The number of fused-ring (bicyclic) bond motifs is 2. The quantitative estimate of drug-likeness (QED) is 0.561. The predicted molar refractivity (Wildman–Crippen MR) is 149 cm³/mol. The van der Waals surface area contributed by atoms with Crippen LogP contribution in [0.5, 0.6) is 0 Å². The van der Waals surface area contributed by atoms with Gasteiger partial charge in [0, 0.05) is 43.3 Å². The molecule has 1 amide bonds. The lowest BCUT2D eigenvalue weighted by Gasteiger charge is -2.38. The Bertz CT molecular complexity index is 1470. The molecule has 6 rings (SSSR count). The van der Waals surface area contributed by atoms with Gasteiger partial charge in [-0.25, -0.2) is 16.8 Å². The van der Waals surface area contributed by atoms with E-state index in [9.17, 15) is 21.6 Å². The van der Waals surface area contributed by atoms with Crippen LogP contribution in [0.3, 0.4) is 0 Å². The Balaban J connectivity index is 0.00000308. The van der Waals surface area contributed by atoms with Crippen LogP contribution >= 0.6 is 11.3 Å². The monoisotopic (exact) mass is 581 g/mol. The first-order valence-corrected chi connectivity index (χ1v) is 17.3. The summed E-state index contributed by atoms with van der Waals surface area (Å²) in [6.45, 7) is 1.48. The third-order valence-electron chi connectivity index (χ3n) is 8.69. The lowest BCUT2D eigenvalue weighted by Crippen LogP contribution is -2.39. The van der Waals surface area contributed by atoms with Crippen LogP contribution in [0.1, 0.15) is 68.7 Å². The normalized spacial score (nSPS) is 22.8. The average molecular weight is 582 g/mol. The van der Waals surface area contributed by atoms with Crippen molar-refractivity contribution in [1.82, 2.24) is 4.31 Å². The largest absolute Gasteiger partial charge is 0.365 e. The van der Waals surface area contributed by atoms with Gasteiger partial charge in [-0.3, -0.25) is 9.52 Å². The molecule has 208 valence electrons. The average Bonchev–Trinajstić information content (AvgIpc) is 3.44. The molecule has 38 heavy (non-hydrogen) atoms. The van der Waals surface area contributed by atoms with E-state index in [1.807, 2.05) is 12.1 Å². The zero-order valence-corrected chi connectivity index (χ0v) is 23.9. The molecular weight excluding hydrogens is 547 g/mol. The molecule has 3 fully saturated rings. The fourth-order valence-corrected chi connectivity index (χ4v) is 9.47. The van der Waals surface area contributed by atoms with Crippen LogP contribution in [0.2, 0.25) is 0 Å². The number of amides is 1. The summed E-state index contributed by atoms with van der Waals surface area (Å²) < 4.78 is 59.8. The second kappa shape index (κ2) is 9.29. The third kappa shape index (κ3) is 4.78. The minimum Gasteiger partial charge on any atom is -0.365 e. The molecule has 0 bridgehead atoms. The zero-order chi connectivity index (χ0) is 26.8. The summed E-state index contributed by atoms with van der Waals surface area (Å²) in [7, 11) is -7.19. The van der Waals surface area contributed by atoms with Crippen LogP contribution < -0.4 is 9.62 Å². The van der Waals surface area contributed by atoms with Crippen LogP contribution in [-0.4, -0.2) is 59.7 Å². The number of carbonyl (C=O) groups is 1. The first kappa shape index (κ1) is 26.2. The number of nitrogens with zero attached hydrogens (tertiary/aromatic N) is 2. The van der Waals surface area contributed by atoms with E-state index in [1.165, 1.54) is 23.2 Å². The molecule has 2 aliphatic heterocycles. The Kier molecular flexibility index (Phi) is 6.42.